The molecule has 2 aromatic carbocycles. The van der Waals surface area contributed by atoms with E-state index in [0.717, 1.165) is 49.5 Å². The van der Waals surface area contributed by atoms with E-state index in [1.165, 1.54) is 6.07 Å². The Morgan fingerprint density at radius 2 is 1.62 bits per heavy atom. The lowest BCUT2D eigenvalue weighted by Gasteiger charge is -2.63. The summed E-state index contributed by atoms with van der Waals surface area (Å²) in [5.41, 5.74) is 0.0462. The lowest BCUT2D eigenvalue weighted by atomic mass is 9.49. The molecule has 0 spiro atoms. The average molecular weight is 838 g/mol. The molecule has 6 aliphatic rings. The van der Waals surface area contributed by atoms with Crippen LogP contribution in [-0.2, 0) is 9.59 Å². The molecule has 312 valence electrons. The van der Waals surface area contributed by atoms with Gasteiger partial charge in [0.1, 0.15) is 29.8 Å². The standard InChI is InChI=1S/C43H45ClFN9O6/c1-42(2)40(43(3,4)41(42)60-26-6-5-23(14-46)29(44)11-26)48-36(56)31-7-9-34(50-49-31)53-20-24-18-51(19-25(24)21-53)15-22-16-52(17-22)33-13-28-27(12-30(33)45)38(58)54(39(28)59)32-8-10-35(55)47-37(32)57/h5-7,9,11-13,22,24-25,32,40-41H,8,10,15-21H2,1-4H3,(H,48,56)(H,47,55,57). The minimum Gasteiger partial charge on any atom is -0.489 e. The first kappa shape index (κ1) is 39.8. The minimum atomic E-state index is -1.10. The summed E-state index contributed by atoms with van der Waals surface area (Å²) in [4.78, 5) is 71.2. The maximum Gasteiger partial charge on any atom is 0.272 e. The van der Waals surface area contributed by atoms with E-state index in [4.69, 9.17) is 16.3 Å². The number of piperidine rings is 1. The second-order valence-electron chi connectivity index (χ2n) is 18.3. The fourth-order valence-electron chi connectivity index (χ4n) is 10.8. The van der Waals surface area contributed by atoms with Crippen LogP contribution in [0.25, 0.3) is 0 Å². The Morgan fingerprint density at radius 1 is 0.933 bits per heavy atom. The third-order valence-corrected chi connectivity index (χ3v) is 13.8. The van der Waals surface area contributed by atoms with Crippen molar-refractivity contribution in [2.24, 2.45) is 28.6 Å². The molecule has 6 heterocycles. The van der Waals surface area contributed by atoms with Gasteiger partial charge in [-0.2, -0.15) is 5.26 Å². The van der Waals surface area contributed by atoms with Gasteiger partial charge in [-0.15, -0.1) is 10.2 Å². The van der Waals surface area contributed by atoms with Gasteiger partial charge in [0, 0.05) is 81.1 Å². The first-order chi connectivity index (χ1) is 28.5. The normalized spacial score (nSPS) is 26.9. The number of fused-ring (bicyclic) bond motifs is 2. The van der Waals surface area contributed by atoms with Crippen molar-refractivity contribution in [2.45, 2.75) is 58.7 Å². The van der Waals surface area contributed by atoms with E-state index < -0.39 is 46.3 Å². The van der Waals surface area contributed by atoms with E-state index >= 15 is 4.39 Å². The van der Waals surface area contributed by atoms with Gasteiger partial charge in [-0.3, -0.25) is 34.2 Å². The molecule has 2 N–H and O–H groups in total. The molecule has 9 rings (SSSR count). The first-order valence-corrected chi connectivity index (χ1v) is 20.7. The molecule has 17 heteroatoms. The minimum absolute atomic E-state index is 0.0124. The Bertz CT molecular complexity index is 2350. The molecule has 1 aromatic heterocycles. The quantitative estimate of drug-likeness (QED) is 0.299. The van der Waals surface area contributed by atoms with Crippen molar-refractivity contribution in [1.82, 2.24) is 30.6 Å². The summed E-state index contributed by atoms with van der Waals surface area (Å²) in [6.07, 6.45) is -0.181. The highest BCUT2D eigenvalue weighted by Crippen LogP contribution is 2.55. The van der Waals surface area contributed by atoms with Crippen LogP contribution in [0.15, 0.2) is 42.5 Å². The molecule has 0 radical (unpaired) electrons. The van der Waals surface area contributed by atoms with Crippen LogP contribution in [0.4, 0.5) is 15.9 Å². The maximum atomic E-state index is 15.4. The fourth-order valence-corrected chi connectivity index (χ4v) is 11.0. The lowest BCUT2D eigenvalue weighted by Crippen LogP contribution is -2.74. The zero-order valence-electron chi connectivity index (χ0n) is 33.7. The third kappa shape index (κ3) is 6.62. The average Bonchev–Trinajstić information content (AvgIpc) is 3.83. The van der Waals surface area contributed by atoms with Gasteiger partial charge >= 0.3 is 0 Å². The number of hydrogen-bond acceptors (Lipinski definition) is 12. The summed E-state index contributed by atoms with van der Waals surface area (Å²) >= 11 is 6.24. The number of aromatic nitrogens is 2. The van der Waals surface area contributed by atoms with Crippen LogP contribution in [0.5, 0.6) is 5.75 Å². The second-order valence-corrected chi connectivity index (χ2v) is 18.7. The van der Waals surface area contributed by atoms with Crippen molar-refractivity contribution in [3.8, 4) is 11.8 Å². The summed E-state index contributed by atoms with van der Waals surface area (Å²) in [5.74, 6) is -0.920. The Kier molecular flexibility index (Phi) is 9.62. The van der Waals surface area contributed by atoms with Crippen molar-refractivity contribution in [3.05, 3.63) is 75.7 Å². The number of nitrogens with zero attached hydrogens (tertiary/aromatic N) is 7. The summed E-state index contributed by atoms with van der Waals surface area (Å²) in [6, 6.07) is 11.8. The lowest BCUT2D eigenvalue weighted by molar-refractivity contribution is -0.164. The topological polar surface area (TPSA) is 181 Å². The van der Waals surface area contributed by atoms with Crippen molar-refractivity contribution < 1.29 is 33.1 Å². The van der Waals surface area contributed by atoms with Gasteiger partial charge in [0.05, 0.1) is 27.4 Å². The highest BCUT2D eigenvalue weighted by molar-refractivity contribution is 6.31. The van der Waals surface area contributed by atoms with Crippen LogP contribution >= 0.6 is 11.6 Å². The molecular formula is C43H45ClFN9O6. The Labute approximate surface area is 351 Å². The van der Waals surface area contributed by atoms with E-state index in [2.05, 4.69) is 36.7 Å². The van der Waals surface area contributed by atoms with E-state index in [9.17, 15) is 29.2 Å². The van der Waals surface area contributed by atoms with Crippen molar-refractivity contribution >= 4 is 52.6 Å². The molecule has 0 bridgehead atoms. The molecule has 60 heavy (non-hydrogen) atoms. The molecule has 3 atom stereocenters. The van der Waals surface area contributed by atoms with Crippen LogP contribution in [0.3, 0.4) is 0 Å². The number of carbonyl (C=O) groups is 5. The second kappa shape index (κ2) is 14.5. The molecule has 1 saturated carbocycles. The summed E-state index contributed by atoms with van der Waals surface area (Å²) in [6.45, 7) is 13.8. The summed E-state index contributed by atoms with van der Waals surface area (Å²) < 4.78 is 21.7. The third-order valence-electron chi connectivity index (χ3n) is 13.5. The Hall–Kier alpha value is -5.66. The predicted octanol–water partition coefficient (Wildman–Crippen LogP) is 3.66. The number of ether oxygens (including phenoxy) is 1. The molecule has 5 amide bonds. The van der Waals surface area contributed by atoms with Gasteiger partial charge in [0.25, 0.3) is 17.7 Å². The Balaban J connectivity index is 0.745. The first-order valence-electron chi connectivity index (χ1n) is 20.3. The SMILES string of the molecule is CC1(C)C(NC(=O)c2ccc(N3CC4CN(CC5CN(c6cc7c(cc6F)C(=O)N(C6CCC(=O)NC6=O)C7=O)C5)CC4C3)nn2)C(C)(C)C1Oc1ccc(C#N)c(Cl)c1. The predicted molar refractivity (Wildman–Crippen MR) is 216 cm³/mol. The van der Waals surface area contributed by atoms with E-state index in [-0.39, 0.29) is 53.4 Å². The molecule has 3 unspecified atom stereocenters. The molecule has 15 nitrogen and oxygen atoms in total. The number of imide groups is 2. The van der Waals surface area contributed by atoms with Gasteiger partial charge in [-0.25, -0.2) is 4.39 Å². The van der Waals surface area contributed by atoms with Crippen LogP contribution in [0.1, 0.15) is 77.3 Å². The fraction of sp³-hybridized carbons (Fsp3) is 0.488. The summed E-state index contributed by atoms with van der Waals surface area (Å²) in [7, 11) is 0. The number of benzene rings is 2. The highest BCUT2D eigenvalue weighted by atomic mass is 35.5. The number of amides is 5. The summed E-state index contributed by atoms with van der Waals surface area (Å²) in [5, 5.41) is 23.7. The maximum absolute atomic E-state index is 15.4. The molecule has 5 aliphatic heterocycles. The van der Waals surface area contributed by atoms with E-state index in [1.54, 1.807) is 24.3 Å². The van der Waals surface area contributed by atoms with Crippen molar-refractivity contribution in [3.63, 3.8) is 0 Å². The molecule has 5 fully saturated rings. The molecule has 3 aromatic rings. The molecular weight excluding hydrogens is 793 g/mol. The number of anilines is 2. The van der Waals surface area contributed by atoms with Gasteiger partial charge in [0.15, 0.2) is 11.5 Å². The molecule has 4 saturated heterocycles. The number of nitriles is 1. The molecule has 1 aliphatic carbocycles. The van der Waals surface area contributed by atoms with Crippen LogP contribution < -0.4 is 25.2 Å². The zero-order chi connectivity index (χ0) is 42.4. The Morgan fingerprint density at radius 3 is 2.23 bits per heavy atom. The van der Waals surface area contributed by atoms with E-state index in [1.807, 2.05) is 38.7 Å². The van der Waals surface area contributed by atoms with Crippen LogP contribution in [-0.4, -0.2) is 114 Å². The number of rotatable bonds is 9. The van der Waals surface area contributed by atoms with Crippen LogP contribution in [0.2, 0.25) is 5.02 Å². The number of halogens is 2. The number of carbonyl (C=O) groups excluding carboxylic acids is 5. The zero-order valence-corrected chi connectivity index (χ0v) is 34.5. The largest absolute Gasteiger partial charge is 0.489 e. The van der Waals surface area contributed by atoms with Crippen molar-refractivity contribution in [2.75, 3.05) is 55.6 Å². The number of hydrogen-bond donors (Lipinski definition) is 2. The van der Waals surface area contributed by atoms with Gasteiger partial charge < -0.3 is 24.8 Å². The van der Waals surface area contributed by atoms with Crippen molar-refractivity contribution in [1.29, 1.82) is 5.26 Å². The monoisotopic (exact) mass is 837 g/mol. The smallest absolute Gasteiger partial charge is 0.272 e. The number of nitrogens with one attached hydrogen (secondary N) is 2. The van der Waals surface area contributed by atoms with Gasteiger partial charge in [-0.1, -0.05) is 39.3 Å². The van der Waals surface area contributed by atoms with Gasteiger partial charge in [-0.05, 0) is 54.7 Å². The van der Waals surface area contributed by atoms with E-state index in [0.29, 0.717) is 47.2 Å². The van der Waals surface area contributed by atoms with Crippen LogP contribution in [0, 0.1) is 45.7 Å². The van der Waals surface area contributed by atoms with Gasteiger partial charge in [0.2, 0.25) is 11.8 Å². The highest BCUT2D eigenvalue weighted by Gasteiger charge is 2.64. The number of likely N-dealkylation sites (tertiary alicyclic amines) is 1.